The summed E-state index contributed by atoms with van der Waals surface area (Å²) >= 11 is 0. The third-order valence-electron chi connectivity index (χ3n) is 2.98. The fourth-order valence-corrected chi connectivity index (χ4v) is 3.13. The Hall–Kier alpha value is -2.23. The van der Waals surface area contributed by atoms with E-state index in [0.29, 0.717) is 5.56 Å². The van der Waals surface area contributed by atoms with Crippen molar-refractivity contribution in [3.63, 3.8) is 0 Å². The van der Waals surface area contributed by atoms with Crippen LogP contribution in [-0.2, 0) is 10.0 Å². The predicted octanol–water partition coefficient (Wildman–Crippen LogP) is 2.74. The highest BCUT2D eigenvalue weighted by Gasteiger charge is 2.18. The zero-order chi connectivity index (χ0) is 15.5. The van der Waals surface area contributed by atoms with Gasteiger partial charge in [0.1, 0.15) is 5.82 Å². The number of halogens is 1. The maximum atomic E-state index is 12.9. The van der Waals surface area contributed by atoms with E-state index in [2.05, 4.69) is 4.72 Å². The molecule has 0 aliphatic rings. The summed E-state index contributed by atoms with van der Waals surface area (Å²) < 4.78 is 39.9. The predicted molar refractivity (Wildman–Crippen MR) is 76.3 cm³/mol. The number of rotatable bonds is 4. The van der Waals surface area contributed by atoms with E-state index >= 15 is 0 Å². The van der Waals surface area contributed by atoms with Crippen LogP contribution in [0.5, 0.6) is 0 Å². The molecule has 0 aromatic heterocycles. The highest BCUT2D eigenvalue weighted by Crippen LogP contribution is 2.18. The molecule has 1 atom stereocenters. The molecule has 0 spiro atoms. The maximum Gasteiger partial charge on any atom is 0.241 e. The molecule has 0 bridgehead atoms. The number of benzene rings is 2. The topological polar surface area (TPSA) is 70.0 Å². The molecule has 0 heterocycles. The van der Waals surface area contributed by atoms with Crippen LogP contribution >= 0.6 is 0 Å². The molecule has 0 radical (unpaired) electrons. The number of sulfonamides is 1. The Balaban J connectivity index is 2.24. The summed E-state index contributed by atoms with van der Waals surface area (Å²) in [5.41, 5.74) is 0.920. The van der Waals surface area contributed by atoms with Gasteiger partial charge in [-0.15, -0.1) is 0 Å². The van der Waals surface area contributed by atoms with Gasteiger partial charge in [0.2, 0.25) is 10.0 Å². The molecule has 0 saturated heterocycles. The summed E-state index contributed by atoms with van der Waals surface area (Å²) in [6.07, 6.45) is 0. The summed E-state index contributed by atoms with van der Waals surface area (Å²) in [5, 5.41) is 8.81. The molecule has 0 saturated carbocycles. The van der Waals surface area contributed by atoms with Crippen LogP contribution in [0.3, 0.4) is 0 Å². The fourth-order valence-electron chi connectivity index (χ4n) is 1.85. The van der Waals surface area contributed by atoms with Crippen LogP contribution in [0.15, 0.2) is 53.4 Å². The fraction of sp³-hybridized carbons (Fsp3) is 0.133. The molecule has 0 amide bonds. The van der Waals surface area contributed by atoms with Crippen LogP contribution in [0.25, 0.3) is 0 Å². The highest BCUT2D eigenvalue weighted by molar-refractivity contribution is 7.89. The molecule has 21 heavy (non-hydrogen) atoms. The van der Waals surface area contributed by atoms with Crippen LogP contribution in [0.4, 0.5) is 4.39 Å². The lowest BCUT2D eigenvalue weighted by Gasteiger charge is -2.14. The van der Waals surface area contributed by atoms with E-state index in [0.717, 1.165) is 0 Å². The first-order chi connectivity index (χ1) is 9.92. The Morgan fingerprint density at radius 1 is 1.19 bits per heavy atom. The molecule has 108 valence electrons. The van der Waals surface area contributed by atoms with Crippen LogP contribution in [-0.4, -0.2) is 8.42 Å². The third-order valence-corrected chi connectivity index (χ3v) is 4.51. The molecule has 6 heteroatoms. The van der Waals surface area contributed by atoms with Crippen molar-refractivity contribution >= 4 is 10.0 Å². The molecule has 2 rings (SSSR count). The van der Waals surface area contributed by atoms with Crippen LogP contribution in [0.1, 0.15) is 24.1 Å². The van der Waals surface area contributed by atoms with Gasteiger partial charge in [-0.2, -0.15) is 5.26 Å². The smallest absolute Gasteiger partial charge is 0.207 e. The summed E-state index contributed by atoms with van der Waals surface area (Å²) in [4.78, 5) is 0.0236. The van der Waals surface area contributed by atoms with Crippen molar-refractivity contribution in [2.75, 3.05) is 0 Å². The van der Waals surface area contributed by atoms with Gasteiger partial charge in [0, 0.05) is 6.04 Å². The minimum atomic E-state index is -3.75. The molecule has 0 aliphatic heterocycles. The van der Waals surface area contributed by atoms with Gasteiger partial charge in [-0.05, 0) is 42.8 Å². The number of nitriles is 1. The second kappa shape index (κ2) is 6.04. The molecule has 1 N–H and O–H groups in total. The molecule has 0 unspecified atom stereocenters. The standard InChI is InChI=1S/C15H13FN2O2S/c1-11(13-5-7-14(16)8-6-13)18-21(19,20)15-4-2-3-12(9-15)10-17/h2-9,11,18H,1H3/t11-/m0/s1. The first-order valence-corrected chi connectivity index (χ1v) is 7.68. The van der Waals surface area contributed by atoms with Crippen molar-refractivity contribution in [2.45, 2.75) is 17.9 Å². The molecule has 2 aromatic carbocycles. The van der Waals surface area contributed by atoms with E-state index in [1.165, 1.54) is 48.5 Å². The van der Waals surface area contributed by atoms with E-state index in [1.807, 2.05) is 6.07 Å². The van der Waals surface area contributed by atoms with Gasteiger partial charge in [0.25, 0.3) is 0 Å². The summed E-state index contributed by atoms with van der Waals surface area (Å²) in [7, 11) is -3.75. The zero-order valence-corrected chi connectivity index (χ0v) is 12.1. The van der Waals surface area contributed by atoms with E-state index in [-0.39, 0.29) is 16.3 Å². The van der Waals surface area contributed by atoms with Crippen molar-refractivity contribution in [1.29, 1.82) is 5.26 Å². The molecule has 0 fully saturated rings. The number of hydrogen-bond acceptors (Lipinski definition) is 3. The molecule has 2 aromatic rings. The van der Waals surface area contributed by atoms with Gasteiger partial charge < -0.3 is 0 Å². The lowest BCUT2D eigenvalue weighted by atomic mass is 10.1. The number of nitrogens with one attached hydrogen (secondary N) is 1. The largest absolute Gasteiger partial charge is 0.241 e. The second-order valence-electron chi connectivity index (χ2n) is 4.53. The number of hydrogen-bond donors (Lipinski definition) is 1. The number of nitrogens with zero attached hydrogens (tertiary/aromatic N) is 1. The lowest BCUT2D eigenvalue weighted by Crippen LogP contribution is -2.26. The summed E-state index contributed by atoms with van der Waals surface area (Å²) in [6.45, 7) is 1.67. The monoisotopic (exact) mass is 304 g/mol. The molecular weight excluding hydrogens is 291 g/mol. The summed E-state index contributed by atoms with van der Waals surface area (Å²) in [6, 6.07) is 12.7. The normalized spacial score (nSPS) is 12.6. The Bertz CT molecular complexity index is 780. The van der Waals surface area contributed by atoms with Crippen molar-refractivity contribution < 1.29 is 12.8 Å². The minimum Gasteiger partial charge on any atom is -0.207 e. The quantitative estimate of drug-likeness (QED) is 0.944. The van der Waals surface area contributed by atoms with Gasteiger partial charge in [-0.1, -0.05) is 18.2 Å². The van der Waals surface area contributed by atoms with Crippen LogP contribution in [0.2, 0.25) is 0 Å². The van der Waals surface area contributed by atoms with Gasteiger partial charge in [-0.25, -0.2) is 17.5 Å². The third kappa shape index (κ3) is 3.66. The molecule has 4 nitrogen and oxygen atoms in total. The van der Waals surface area contributed by atoms with Gasteiger partial charge in [-0.3, -0.25) is 0 Å². The Labute approximate surface area is 122 Å². The molecular formula is C15H13FN2O2S. The van der Waals surface area contributed by atoms with E-state index < -0.39 is 16.1 Å². The minimum absolute atomic E-state index is 0.0236. The zero-order valence-electron chi connectivity index (χ0n) is 11.2. The Morgan fingerprint density at radius 3 is 2.48 bits per heavy atom. The summed E-state index contributed by atoms with van der Waals surface area (Å²) in [5.74, 6) is -0.379. The average molecular weight is 304 g/mol. The van der Waals surface area contributed by atoms with Gasteiger partial charge >= 0.3 is 0 Å². The SMILES string of the molecule is C[C@H](NS(=O)(=O)c1cccc(C#N)c1)c1ccc(F)cc1. The second-order valence-corrected chi connectivity index (χ2v) is 6.25. The van der Waals surface area contributed by atoms with E-state index in [9.17, 15) is 12.8 Å². The van der Waals surface area contributed by atoms with E-state index in [1.54, 1.807) is 6.92 Å². The highest BCUT2D eigenvalue weighted by atomic mass is 32.2. The van der Waals surface area contributed by atoms with Crippen molar-refractivity contribution in [3.8, 4) is 6.07 Å². The lowest BCUT2D eigenvalue weighted by molar-refractivity contribution is 0.566. The van der Waals surface area contributed by atoms with Crippen LogP contribution < -0.4 is 4.72 Å². The Kier molecular flexibility index (Phi) is 4.36. The van der Waals surface area contributed by atoms with Gasteiger partial charge in [0.15, 0.2) is 0 Å². The van der Waals surface area contributed by atoms with Crippen molar-refractivity contribution in [1.82, 2.24) is 4.72 Å². The van der Waals surface area contributed by atoms with Crippen molar-refractivity contribution in [2.24, 2.45) is 0 Å². The first-order valence-electron chi connectivity index (χ1n) is 6.20. The van der Waals surface area contributed by atoms with E-state index in [4.69, 9.17) is 5.26 Å². The maximum absolute atomic E-state index is 12.9. The molecule has 0 aliphatic carbocycles. The average Bonchev–Trinajstić information content (AvgIpc) is 2.47. The van der Waals surface area contributed by atoms with Crippen molar-refractivity contribution in [3.05, 3.63) is 65.5 Å². The Morgan fingerprint density at radius 2 is 1.86 bits per heavy atom. The van der Waals surface area contributed by atoms with Gasteiger partial charge in [0.05, 0.1) is 16.5 Å². The van der Waals surface area contributed by atoms with Crippen LogP contribution in [0, 0.1) is 17.1 Å². The first kappa shape index (κ1) is 15.2.